The number of amides is 2. The van der Waals surface area contributed by atoms with Crippen molar-refractivity contribution in [2.24, 2.45) is 0 Å². The lowest BCUT2D eigenvalue weighted by Crippen LogP contribution is -2.50. The van der Waals surface area contributed by atoms with Crippen molar-refractivity contribution in [3.8, 4) is 5.75 Å². The Bertz CT molecular complexity index is 1200. The SMILES string of the molecule is COc1ccc([C@H]2Cn3nnc(C(=O)N4CCN(C(=O)c5cccc(F)c5)CC4)c3CO2)cc1. The van der Waals surface area contributed by atoms with Gasteiger partial charge in [0.05, 0.1) is 26.0 Å². The van der Waals surface area contributed by atoms with E-state index in [1.54, 1.807) is 27.7 Å². The second-order valence-electron chi connectivity index (χ2n) is 8.23. The third kappa shape index (κ3) is 4.24. The van der Waals surface area contributed by atoms with E-state index < -0.39 is 5.82 Å². The van der Waals surface area contributed by atoms with Gasteiger partial charge in [0, 0.05) is 31.7 Å². The normalized spacial score (nSPS) is 17.9. The highest BCUT2D eigenvalue weighted by molar-refractivity contribution is 5.95. The van der Waals surface area contributed by atoms with Crippen LogP contribution in [0.1, 0.15) is 38.2 Å². The van der Waals surface area contributed by atoms with Gasteiger partial charge in [0.15, 0.2) is 5.69 Å². The summed E-state index contributed by atoms with van der Waals surface area (Å²) in [5.41, 5.74) is 2.22. The molecule has 1 atom stereocenters. The maximum absolute atomic E-state index is 13.5. The summed E-state index contributed by atoms with van der Waals surface area (Å²) in [5, 5.41) is 8.33. The van der Waals surface area contributed by atoms with Crippen molar-refractivity contribution in [2.45, 2.75) is 19.3 Å². The van der Waals surface area contributed by atoms with Crippen LogP contribution in [-0.4, -0.2) is 69.9 Å². The molecular formula is C24H24FN5O4. The third-order valence-corrected chi connectivity index (χ3v) is 6.21. The number of methoxy groups -OCH3 is 1. The van der Waals surface area contributed by atoms with Gasteiger partial charge < -0.3 is 19.3 Å². The van der Waals surface area contributed by atoms with Crippen LogP contribution in [0, 0.1) is 5.82 Å². The molecule has 0 bridgehead atoms. The molecular weight excluding hydrogens is 441 g/mol. The van der Waals surface area contributed by atoms with Gasteiger partial charge in [0.1, 0.15) is 17.7 Å². The predicted molar refractivity (Wildman–Crippen MR) is 119 cm³/mol. The van der Waals surface area contributed by atoms with Crippen molar-refractivity contribution in [2.75, 3.05) is 33.3 Å². The van der Waals surface area contributed by atoms with E-state index in [4.69, 9.17) is 9.47 Å². The van der Waals surface area contributed by atoms with Crippen molar-refractivity contribution in [1.82, 2.24) is 24.8 Å². The fourth-order valence-corrected chi connectivity index (χ4v) is 4.26. The molecule has 3 aromatic rings. The number of hydrogen-bond donors (Lipinski definition) is 0. The van der Waals surface area contributed by atoms with Crippen molar-refractivity contribution in [3.63, 3.8) is 0 Å². The van der Waals surface area contributed by atoms with Gasteiger partial charge in [-0.3, -0.25) is 9.59 Å². The summed E-state index contributed by atoms with van der Waals surface area (Å²) in [6, 6.07) is 13.3. The van der Waals surface area contributed by atoms with Crippen LogP contribution in [0.15, 0.2) is 48.5 Å². The number of benzene rings is 2. The van der Waals surface area contributed by atoms with E-state index in [9.17, 15) is 14.0 Å². The lowest BCUT2D eigenvalue weighted by molar-refractivity contribution is -0.00204. The quantitative estimate of drug-likeness (QED) is 0.588. The molecule has 2 aliphatic rings. The van der Waals surface area contributed by atoms with Crippen LogP contribution in [-0.2, 0) is 17.9 Å². The molecule has 9 nitrogen and oxygen atoms in total. The van der Waals surface area contributed by atoms with Crippen LogP contribution < -0.4 is 4.74 Å². The number of carbonyl (C=O) groups is 2. The number of nitrogens with zero attached hydrogens (tertiary/aromatic N) is 5. The Morgan fingerprint density at radius 3 is 2.41 bits per heavy atom. The maximum Gasteiger partial charge on any atom is 0.276 e. The molecule has 1 fully saturated rings. The molecule has 0 radical (unpaired) electrons. The Kier molecular flexibility index (Phi) is 5.97. The molecule has 0 unspecified atom stereocenters. The fourth-order valence-electron chi connectivity index (χ4n) is 4.26. The predicted octanol–water partition coefficient (Wildman–Crippen LogP) is 2.30. The van der Waals surface area contributed by atoms with Crippen LogP contribution in [0.4, 0.5) is 4.39 Å². The van der Waals surface area contributed by atoms with Gasteiger partial charge in [-0.25, -0.2) is 9.07 Å². The Balaban J connectivity index is 1.22. The summed E-state index contributed by atoms with van der Waals surface area (Å²) in [4.78, 5) is 29.1. The first-order chi connectivity index (χ1) is 16.5. The van der Waals surface area contributed by atoms with E-state index in [0.29, 0.717) is 44.0 Å². The summed E-state index contributed by atoms with van der Waals surface area (Å²) in [7, 11) is 1.62. The maximum atomic E-state index is 13.5. The zero-order chi connectivity index (χ0) is 23.7. The summed E-state index contributed by atoms with van der Waals surface area (Å²) in [6.07, 6.45) is -0.194. The Labute approximate surface area is 195 Å². The van der Waals surface area contributed by atoms with Crippen molar-refractivity contribution >= 4 is 11.8 Å². The first kappa shape index (κ1) is 22.0. The van der Waals surface area contributed by atoms with Crippen LogP contribution in [0.5, 0.6) is 5.75 Å². The highest BCUT2D eigenvalue weighted by Crippen LogP contribution is 2.28. The molecule has 0 spiro atoms. The van der Waals surface area contributed by atoms with Crippen molar-refractivity contribution in [3.05, 3.63) is 76.9 Å². The van der Waals surface area contributed by atoms with Gasteiger partial charge in [-0.2, -0.15) is 0 Å². The second kappa shape index (κ2) is 9.22. The number of piperazine rings is 1. The van der Waals surface area contributed by atoms with Crippen molar-refractivity contribution < 1.29 is 23.5 Å². The molecule has 0 aliphatic carbocycles. The summed E-state index contributed by atoms with van der Waals surface area (Å²) in [5.74, 6) is -0.156. The fraction of sp³-hybridized carbons (Fsp3) is 0.333. The Morgan fingerprint density at radius 2 is 1.74 bits per heavy atom. The highest BCUT2D eigenvalue weighted by atomic mass is 19.1. The molecule has 1 saturated heterocycles. The summed E-state index contributed by atoms with van der Waals surface area (Å²) in [6.45, 7) is 2.13. The minimum atomic E-state index is -0.451. The van der Waals surface area contributed by atoms with E-state index in [1.807, 2.05) is 24.3 Å². The second-order valence-corrected chi connectivity index (χ2v) is 8.23. The van der Waals surface area contributed by atoms with Crippen LogP contribution in [0.25, 0.3) is 0 Å². The van der Waals surface area contributed by atoms with Gasteiger partial charge in [0.25, 0.3) is 11.8 Å². The molecule has 2 amide bonds. The molecule has 10 heteroatoms. The number of hydrogen-bond acceptors (Lipinski definition) is 6. The molecule has 3 heterocycles. The molecule has 176 valence electrons. The van der Waals surface area contributed by atoms with Gasteiger partial charge in [0.2, 0.25) is 0 Å². The minimum Gasteiger partial charge on any atom is -0.497 e. The first-order valence-corrected chi connectivity index (χ1v) is 11.1. The topological polar surface area (TPSA) is 89.8 Å². The standard InChI is InChI=1S/C24H24FN5O4/c1-33-19-7-5-16(6-8-19)21-14-30-20(15-34-21)22(26-27-30)24(32)29-11-9-28(10-12-29)23(31)17-3-2-4-18(25)13-17/h2-8,13,21H,9-12,14-15H2,1H3/t21-/m1/s1. The van der Waals surface area contributed by atoms with Crippen molar-refractivity contribution in [1.29, 1.82) is 0 Å². The largest absolute Gasteiger partial charge is 0.497 e. The molecule has 34 heavy (non-hydrogen) atoms. The molecule has 0 N–H and O–H groups in total. The van der Waals surface area contributed by atoms with Gasteiger partial charge >= 0.3 is 0 Å². The zero-order valence-electron chi connectivity index (χ0n) is 18.7. The lowest BCUT2D eigenvalue weighted by Gasteiger charge is -2.34. The van der Waals surface area contributed by atoms with E-state index in [0.717, 1.165) is 11.3 Å². The van der Waals surface area contributed by atoms with Crippen LogP contribution in [0.2, 0.25) is 0 Å². The smallest absolute Gasteiger partial charge is 0.276 e. The lowest BCUT2D eigenvalue weighted by atomic mass is 10.1. The number of fused-ring (bicyclic) bond motifs is 1. The summed E-state index contributed by atoms with van der Waals surface area (Å²) >= 11 is 0. The Hall–Kier alpha value is -3.79. The molecule has 5 rings (SSSR count). The minimum absolute atomic E-state index is 0.194. The van der Waals surface area contributed by atoms with Gasteiger partial charge in [-0.1, -0.05) is 23.4 Å². The van der Waals surface area contributed by atoms with Crippen LogP contribution >= 0.6 is 0 Å². The average molecular weight is 465 g/mol. The highest BCUT2D eigenvalue weighted by Gasteiger charge is 2.32. The molecule has 1 aromatic heterocycles. The van der Waals surface area contributed by atoms with Gasteiger partial charge in [-0.05, 0) is 35.9 Å². The first-order valence-electron chi connectivity index (χ1n) is 11.1. The van der Waals surface area contributed by atoms with Crippen LogP contribution in [0.3, 0.4) is 0 Å². The van der Waals surface area contributed by atoms with E-state index in [-0.39, 0.29) is 30.2 Å². The zero-order valence-corrected chi connectivity index (χ0v) is 18.7. The van der Waals surface area contributed by atoms with E-state index in [2.05, 4.69) is 10.3 Å². The molecule has 0 saturated carbocycles. The number of rotatable bonds is 4. The third-order valence-electron chi connectivity index (χ3n) is 6.21. The van der Waals surface area contributed by atoms with E-state index >= 15 is 0 Å². The average Bonchev–Trinajstić information content (AvgIpc) is 3.31. The Morgan fingerprint density at radius 1 is 1.03 bits per heavy atom. The van der Waals surface area contributed by atoms with E-state index in [1.165, 1.54) is 18.2 Å². The molecule has 2 aromatic carbocycles. The number of halogens is 1. The van der Waals surface area contributed by atoms with Gasteiger partial charge in [-0.15, -0.1) is 5.10 Å². The summed E-state index contributed by atoms with van der Waals surface area (Å²) < 4.78 is 26.4. The number of carbonyl (C=O) groups excluding carboxylic acids is 2. The number of ether oxygens (including phenoxy) is 2. The molecule has 2 aliphatic heterocycles. The number of aromatic nitrogens is 3. The monoisotopic (exact) mass is 465 g/mol.